The first-order valence-corrected chi connectivity index (χ1v) is 10.1. The first-order chi connectivity index (χ1) is 12.5. The molecule has 0 radical (unpaired) electrons. The number of hydrogen-bond donors (Lipinski definition) is 2. The summed E-state index contributed by atoms with van der Waals surface area (Å²) in [5.41, 5.74) is 0.788. The number of H-pyrrole nitrogens is 1. The van der Waals surface area contributed by atoms with Crippen LogP contribution in [-0.4, -0.2) is 40.3 Å². The number of nitrogens with one attached hydrogen (secondary N) is 1. The molecular weight excluding hydrogens is 450 g/mol. The van der Waals surface area contributed by atoms with E-state index < -0.39 is 11.4 Å². The Kier molecular flexibility index (Phi) is 6.31. The van der Waals surface area contributed by atoms with Crippen molar-refractivity contribution in [1.29, 1.82) is 0 Å². The quantitative estimate of drug-likeness (QED) is 0.502. The number of aromatic nitrogens is 1. The van der Waals surface area contributed by atoms with E-state index in [-0.39, 0.29) is 17.9 Å². The number of alkyl halides is 1. The number of benzene rings is 1. The van der Waals surface area contributed by atoms with Gasteiger partial charge in [0.2, 0.25) is 0 Å². The smallest absolute Gasteiger partial charge is 0.252 e. The standard InChI is InChI=1S/C19H22FIN2O3/c20-16-3-1-2-4-17(16)26-13-19(25)5-7-23(8-6-19)12-15-9-14(10-21)11-22-18(15)24/h1-4,9,11,25H,5-8,10,12-13H2,(H,22,24). The van der Waals surface area contributed by atoms with Crippen LogP contribution < -0.4 is 10.3 Å². The summed E-state index contributed by atoms with van der Waals surface area (Å²) in [7, 11) is 0. The number of rotatable bonds is 6. The van der Waals surface area contributed by atoms with Gasteiger partial charge in [0.1, 0.15) is 12.2 Å². The summed E-state index contributed by atoms with van der Waals surface area (Å²) in [5.74, 6) is -0.270. The Bertz CT molecular complexity index is 803. The second-order valence-electron chi connectivity index (χ2n) is 6.72. The van der Waals surface area contributed by atoms with Crippen molar-refractivity contribution in [2.24, 2.45) is 0 Å². The van der Waals surface area contributed by atoms with Crippen LogP contribution in [-0.2, 0) is 11.0 Å². The largest absolute Gasteiger partial charge is 0.488 e. The number of pyridine rings is 1. The van der Waals surface area contributed by atoms with Gasteiger partial charge in [-0.2, -0.15) is 0 Å². The van der Waals surface area contributed by atoms with Gasteiger partial charge in [-0.25, -0.2) is 4.39 Å². The van der Waals surface area contributed by atoms with Crippen LogP contribution in [0.2, 0.25) is 0 Å². The van der Waals surface area contributed by atoms with E-state index in [0.29, 0.717) is 32.5 Å². The highest BCUT2D eigenvalue weighted by Gasteiger charge is 2.33. The molecule has 0 bridgehead atoms. The van der Waals surface area contributed by atoms with Crippen LogP contribution in [0.3, 0.4) is 0 Å². The second-order valence-corrected chi connectivity index (χ2v) is 7.48. The molecule has 1 aromatic carbocycles. The lowest BCUT2D eigenvalue weighted by atomic mass is 9.92. The third-order valence-corrected chi connectivity index (χ3v) is 5.59. The molecule has 1 aliphatic rings. The summed E-state index contributed by atoms with van der Waals surface area (Å²) < 4.78 is 19.9. The average Bonchev–Trinajstić information content (AvgIpc) is 2.65. The topological polar surface area (TPSA) is 65.6 Å². The molecular formula is C19H22FIN2O3. The van der Waals surface area contributed by atoms with Crippen LogP contribution in [0.25, 0.3) is 0 Å². The van der Waals surface area contributed by atoms with Gasteiger partial charge < -0.3 is 14.8 Å². The van der Waals surface area contributed by atoms with Crippen molar-refractivity contribution in [3.63, 3.8) is 0 Å². The van der Waals surface area contributed by atoms with E-state index in [2.05, 4.69) is 32.5 Å². The first kappa shape index (κ1) is 19.3. The van der Waals surface area contributed by atoms with Gasteiger partial charge in [0.25, 0.3) is 5.56 Å². The fraction of sp³-hybridized carbons (Fsp3) is 0.421. The number of para-hydroxylation sites is 1. The van der Waals surface area contributed by atoms with Crippen LogP contribution >= 0.6 is 22.6 Å². The Balaban J connectivity index is 1.55. The molecule has 2 aromatic rings. The molecule has 7 heteroatoms. The second kappa shape index (κ2) is 8.49. The molecule has 1 saturated heterocycles. The van der Waals surface area contributed by atoms with Crippen molar-refractivity contribution in [2.75, 3.05) is 19.7 Å². The van der Waals surface area contributed by atoms with E-state index in [1.165, 1.54) is 6.07 Å². The maximum atomic E-state index is 13.6. The minimum Gasteiger partial charge on any atom is -0.488 e. The zero-order chi connectivity index (χ0) is 18.6. The molecule has 0 atom stereocenters. The van der Waals surface area contributed by atoms with Crippen molar-refractivity contribution in [1.82, 2.24) is 9.88 Å². The maximum Gasteiger partial charge on any atom is 0.252 e. The number of piperidine rings is 1. The van der Waals surface area contributed by atoms with E-state index in [4.69, 9.17) is 4.74 Å². The summed E-state index contributed by atoms with van der Waals surface area (Å²) >= 11 is 2.26. The Morgan fingerprint density at radius 1 is 1.31 bits per heavy atom. The van der Waals surface area contributed by atoms with E-state index in [9.17, 15) is 14.3 Å². The van der Waals surface area contributed by atoms with E-state index >= 15 is 0 Å². The molecule has 2 heterocycles. The number of ether oxygens (including phenoxy) is 1. The molecule has 0 saturated carbocycles. The minimum absolute atomic E-state index is 0.0622. The van der Waals surface area contributed by atoms with Gasteiger partial charge in [0.05, 0.1) is 0 Å². The highest BCUT2D eigenvalue weighted by Crippen LogP contribution is 2.25. The predicted octanol–water partition coefficient (Wildman–Crippen LogP) is 2.85. The molecule has 0 aliphatic carbocycles. The van der Waals surface area contributed by atoms with Gasteiger partial charge in [-0.3, -0.25) is 9.69 Å². The van der Waals surface area contributed by atoms with E-state index in [0.717, 1.165) is 15.6 Å². The normalized spacial score (nSPS) is 17.2. The average molecular weight is 472 g/mol. The van der Waals surface area contributed by atoms with Gasteiger partial charge >= 0.3 is 0 Å². The van der Waals surface area contributed by atoms with Gasteiger partial charge in [-0.1, -0.05) is 34.7 Å². The monoisotopic (exact) mass is 472 g/mol. The van der Waals surface area contributed by atoms with Gasteiger partial charge in [-0.05, 0) is 36.6 Å². The summed E-state index contributed by atoms with van der Waals surface area (Å²) in [4.78, 5) is 16.9. The SMILES string of the molecule is O=c1[nH]cc(CI)cc1CN1CCC(O)(COc2ccccc2F)CC1. The number of aromatic amines is 1. The fourth-order valence-corrected chi connectivity index (χ4v) is 3.50. The molecule has 1 aromatic heterocycles. The van der Waals surface area contributed by atoms with Gasteiger partial charge in [0, 0.05) is 35.8 Å². The highest BCUT2D eigenvalue weighted by atomic mass is 127. The van der Waals surface area contributed by atoms with Crippen molar-refractivity contribution in [2.45, 2.75) is 29.4 Å². The molecule has 0 spiro atoms. The fourth-order valence-electron chi connectivity index (χ4n) is 3.06. The molecule has 5 nitrogen and oxygen atoms in total. The zero-order valence-electron chi connectivity index (χ0n) is 14.4. The Labute approximate surface area is 165 Å². The summed E-state index contributed by atoms with van der Waals surface area (Å²) in [6.45, 7) is 1.94. The summed E-state index contributed by atoms with van der Waals surface area (Å²) in [6.07, 6.45) is 2.78. The third-order valence-electron chi connectivity index (χ3n) is 4.71. The summed E-state index contributed by atoms with van der Waals surface area (Å²) in [6, 6.07) is 8.13. The lowest BCUT2D eigenvalue weighted by Crippen LogP contribution is -2.47. The molecule has 2 N–H and O–H groups in total. The van der Waals surface area contributed by atoms with Gasteiger partial charge in [-0.15, -0.1) is 0 Å². The van der Waals surface area contributed by atoms with Crippen molar-refractivity contribution in [3.05, 3.63) is 63.8 Å². The molecule has 26 heavy (non-hydrogen) atoms. The van der Waals surface area contributed by atoms with Crippen LogP contribution in [0, 0.1) is 5.82 Å². The van der Waals surface area contributed by atoms with Crippen LogP contribution in [0.5, 0.6) is 5.75 Å². The number of likely N-dealkylation sites (tertiary alicyclic amines) is 1. The highest BCUT2D eigenvalue weighted by molar-refractivity contribution is 14.1. The molecule has 0 unspecified atom stereocenters. The molecule has 3 rings (SSSR count). The third kappa shape index (κ3) is 4.83. The van der Waals surface area contributed by atoms with Crippen molar-refractivity contribution < 1.29 is 14.2 Å². The summed E-state index contributed by atoms with van der Waals surface area (Å²) in [5, 5.41) is 10.7. The predicted molar refractivity (Wildman–Crippen MR) is 106 cm³/mol. The van der Waals surface area contributed by atoms with Crippen LogP contribution in [0.4, 0.5) is 4.39 Å². The molecule has 0 amide bonds. The lowest BCUT2D eigenvalue weighted by molar-refractivity contribution is -0.0544. The number of hydrogen-bond acceptors (Lipinski definition) is 4. The first-order valence-electron chi connectivity index (χ1n) is 8.58. The van der Waals surface area contributed by atoms with E-state index in [1.54, 1.807) is 24.4 Å². The van der Waals surface area contributed by atoms with Crippen molar-refractivity contribution in [3.8, 4) is 5.75 Å². The molecule has 1 fully saturated rings. The number of nitrogens with zero attached hydrogens (tertiary/aromatic N) is 1. The molecule has 140 valence electrons. The van der Waals surface area contributed by atoms with Crippen LogP contribution in [0.1, 0.15) is 24.0 Å². The zero-order valence-corrected chi connectivity index (χ0v) is 16.5. The van der Waals surface area contributed by atoms with Crippen molar-refractivity contribution >= 4 is 22.6 Å². The minimum atomic E-state index is -0.977. The number of aliphatic hydroxyl groups is 1. The number of halogens is 2. The lowest BCUT2D eigenvalue weighted by Gasteiger charge is -2.37. The molecule has 1 aliphatic heterocycles. The van der Waals surface area contributed by atoms with Crippen LogP contribution in [0.15, 0.2) is 41.3 Å². The maximum absolute atomic E-state index is 13.6. The van der Waals surface area contributed by atoms with Gasteiger partial charge in [0.15, 0.2) is 11.6 Å². The Morgan fingerprint density at radius 3 is 2.73 bits per heavy atom. The van der Waals surface area contributed by atoms with E-state index in [1.807, 2.05) is 6.07 Å². The Hall–Kier alpha value is -1.45. The Morgan fingerprint density at radius 2 is 2.04 bits per heavy atom.